The number of benzene rings is 3. The van der Waals surface area contributed by atoms with E-state index >= 15 is 4.79 Å². The minimum absolute atomic E-state index is 0.0257. The number of hydrazine groups is 1. The first-order chi connectivity index (χ1) is 24.0. The molecule has 2 saturated heterocycles. The fourth-order valence-corrected chi connectivity index (χ4v) is 8.92. The van der Waals surface area contributed by atoms with Crippen LogP contribution in [0.25, 0.3) is 6.08 Å². The van der Waals surface area contributed by atoms with E-state index in [1.165, 1.54) is 24.1 Å². The Morgan fingerprint density at radius 1 is 0.940 bits per heavy atom. The lowest BCUT2D eigenvalue weighted by Gasteiger charge is -2.49. The number of nitrogens with one attached hydrogen (secondary N) is 1. The summed E-state index contributed by atoms with van der Waals surface area (Å²) in [6.45, 7) is 2.04. The summed E-state index contributed by atoms with van der Waals surface area (Å²) < 4.78 is 10.8. The fraction of sp³-hybridized carbons (Fsp3) is 0.316. The number of rotatable bonds is 8. The molecular weight excluding hydrogens is 681 g/mol. The summed E-state index contributed by atoms with van der Waals surface area (Å²) in [6, 6.07) is 16.7. The van der Waals surface area contributed by atoms with Gasteiger partial charge in [-0.05, 0) is 79.3 Å². The van der Waals surface area contributed by atoms with Crippen LogP contribution in [0.2, 0.25) is 10.0 Å². The quantitative estimate of drug-likeness (QED) is 0.207. The number of amides is 4. The number of aromatic hydroxyl groups is 1. The van der Waals surface area contributed by atoms with Crippen molar-refractivity contribution in [2.45, 2.75) is 25.2 Å². The van der Waals surface area contributed by atoms with E-state index in [4.69, 9.17) is 32.7 Å². The number of phenols is 1. The predicted molar refractivity (Wildman–Crippen MR) is 187 cm³/mol. The minimum atomic E-state index is -1.46. The third-order valence-corrected chi connectivity index (χ3v) is 11.3. The smallest absolute Gasteiger partial charge is 0.260 e. The second-order valence-corrected chi connectivity index (χ2v) is 13.8. The van der Waals surface area contributed by atoms with Crippen molar-refractivity contribution in [1.29, 1.82) is 0 Å². The standard InChI is InChI=1S/C38H35Cl2N3O7/c1-4-42-34(45)25-13-12-24-26(33(25)36(42)47)19-28-35(46)43(41-30-15-9-22(39)18-29(30)40)37(48)38(28,21-7-10-23(49-2)11-8-21)27(24)14-5-20-6-16-31(44)32(17-20)50-3/h5-12,14-18,25-28,33,41,44H,4,13,19H2,1-3H3/t25-,26+,27-,28-,33-,38-/m0/s1. The molecule has 0 bridgehead atoms. The zero-order valence-electron chi connectivity index (χ0n) is 27.6. The number of imide groups is 2. The number of hydrogen-bond acceptors (Lipinski definition) is 8. The van der Waals surface area contributed by atoms with Crippen LogP contribution in [0.15, 0.2) is 78.4 Å². The Hall–Kier alpha value is -4.80. The van der Waals surface area contributed by atoms with Gasteiger partial charge in [0.15, 0.2) is 11.5 Å². The number of nitrogens with zero attached hydrogens (tertiary/aromatic N) is 2. The molecule has 12 heteroatoms. The van der Waals surface area contributed by atoms with Gasteiger partial charge < -0.3 is 14.6 Å². The van der Waals surface area contributed by atoms with Crippen LogP contribution >= 0.6 is 23.2 Å². The molecule has 2 aliphatic heterocycles. The molecule has 0 unspecified atom stereocenters. The molecule has 10 nitrogen and oxygen atoms in total. The Morgan fingerprint density at radius 3 is 2.38 bits per heavy atom. The van der Waals surface area contributed by atoms with Gasteiger partial charge in [0.1, 0.15) is 5.75 Å². The van der Waals surface area contributed by atoms with Crippen molar-refractivity contribution < 1.29 is 33.8 Å². The number of halogens is 2. The summed E-state index contributed by atoms with van der Waals surface area (Å²) in [5.41, 5.74) is 3.94. The number of allylic oxidation sites excluding steroid dienone is 3. The summed E-state index contributed by atoms with van der Waals surface area (Å²) in [5.74, 6) is -3.92. The Kier molecular flexibility index (Phi) is 8.64. The van der Waals surface area contributed by atoms with Gasteiger partial charge in [0.25, 0.3) is 11.8 Å². The Balaban J connectivity index is 1.43. The van der Waals surface area contributed by atoms with E-state index in [0.29, 0.717) is 34.0 Å². The number of phenolic OH excluding ortho intramolecular Hbond substituents is 1. The molecule has 3 aromatic carbocycles. The molecule has 0 spiro atoms. The SMILES string of the molecule is CCN1C(=O)[C@H]2[C@H](CC=C3[C@H]2C[C@H]2C(=O)N(Nc4ccc(Cl)cc4Cl)C(=O)[C@@]2(c2ccc(OC)cc2)[C@H]3C=Cc2ccc(O)c(OC)c2)C1=O. The highest BCUT2D eigenvalue weighted by molar-refractivity contribution is 6.36. The second kappa shape index (κ2) is 12.8. The summed E-state index contributed by atoms with van der Waals surface area (Å²) in [7, 11) is 3.00. The molecule has 7 rings (SSSR count). The molecule has 258 valence electrons. The number of carbonyl (C=O) groups excluding carboxylic acids is 4. The first kappa shape index (κ1) is 33.7. The van der Waals surface area contributed by atoms with Gasteiger partial charge in [-0.1, -0.05) is 65.2 Å². The summed E-state index contributed by atoms with van der Waals surface area (Å²) in [4.78, 5) is 58.5. The zero-order chi connectivity index (χ0) is 35.5. The number of ether oxygens (including phenoxy) is 2. The fourth-order valence-electron chi connectivity index (χ4n) is 8.47. The number of hydrogen-bond donors (Lipinski definition) is 2. The van der Waals surface area contributed by atoms with Gasteiger partial charge in [-0.15, -0.1) is 0 Å². The molecule has 3 fully saturated rings. The third kappa shape index (κ3) is 5.07. The lowest BCUT2D eigenvalue weighted by molar-refractivity contribution is -0.141. The Morgan fingerprint density at radius 2 is 1.70 bits per heavy atom. The topological polar surface area (TPSA) is 125 Å². The van der Waals surface area contributed by atoms with Crippen LogP contribution in [0.1, 0.15) is 30.9 Å². The lowest BCUT2D eigenvalue weighted by Crippen LogP contribution is -2.54. The highest BCUT2D eigenvalue weighted by Gasteiger charge is 2.69. The average Bonchev–Trinajstić information content (AvgIpc) is 3.49. The van der Waals surface area contributed by atoms with E-state index in [0.717, 1.165) is 10.6 Å². The van der Waals surface area contributed by atoms with Gasteiger partial charge in [0.05, 0.1) is 48.1 Å². The monoisotopic (exact) mass is 715 g/mol. The molecule has 2 N–H and O–H groups in total. The number of fused-ring (bicyclic) bond motifs is 4. The maximum atomic E-state index is 15.2. The van der Waals surface area contributed by atoms with Crippen molar-refractivity contribution in [1.82, 2.24) is 9.91 Å². The molecular formula is C38H35Cl2N3O7. The maximum absolute atomic E-state index is 15.2. The number of anilines is 1. The number of carbonyl (C=O) groups is 4. The van der Waals surface area contributed by atoms with Gasteiger partial charge in [0.2, 0.25) is 11.8 Å². The highest BCUT2D eigenvalue weighted by atomic mass is 35.5. The van der Waals surface area contributed by atoms with E-state index in [2.05, 4.69) is 5.43 Å². The molecule has 6 atom stereocenters. The minimum Gasteiger partial charge on any atom is -0.504 e. The van der Waals surface area contributed by atoms with E-state index in [9.17, 15) is 19.5 Å². The first-order valence-corrected chi connectivity index (χ1v) is 17.2. The van der Waals surface area contributed by atoms with Gasteiger partial charge in [-0.25, -0.2) is 0 Å². The van der Waals surface area contributed by atoms with Gasteiger partial charge in [0, 0.05) is 17.5 Å². The van der Waals surface area contributed by atoms with Crippen LogP contribution in [-0.4, -0.2) is 59.4 Å². The van der Waals surface area contributed by atoms with Crippen LogP contribution in [0.3, 0.4) is 0 Å². The van der Waals surface area contributed by atoms with Crippen LogP contribution in [-0.2, 0) is 24.6 Å². The molecule has 0 aromatic heterocycles. The highest BCUT2D eigenvalue weighted by Crippen LogP contribution is 2.61. The Bertz CT molecular complexity index is 1980. The molecule has 2 heterocycles. The first-order valence-electron chi connectivity index (χ1n) is 16.4. The van der Waals surface area contributed by atoms with Crippen molar-refractivity contribution in [3.8, 4) is 17.2 Å². The maximum Gasteiger partial charge on any atom is 0.260 e. The van der Waals surface area contributed by atoms with Crippen molar-refractivity contribution in [3.05, 3.63) is 99.6 Å². The van der Waals surface area contributed by atoms with E-state index in [-0.39, 0.29) is 41.3 Å². The normalized spacial score (nSPS) is 27.3. The largest absolute Gasteiger partial charge is 0.504 e. The zero-order valence-corrected chi connectivity index (χ0v) is 29.1. The van der Waals surface area contributed by atoms with Gasteiger partial charge >= 0.3 is 0 Å². The average molecular weight is 717 g/mol. The molecule has 50 heavy (non-hydrogen) atoms. The molecule has 3 aromatic rings. The molecule has 2 aliphatic carbocycles. The van der Waals surface area contributed by atoms with E-state index in [1.807, 2.05) is 18.2 Å². The molecule has 4 amide bonds. The van der Waals surface area contributed by atoms with Crippen LogP contribution in [0.4, 0.5) is 5.69 Å². The summed E-state index contributed by atoms with van der Waals surface area (Å²) in [5, 5.41) is 11.9. The molecule has 4 aliphatic rings. The third-order valence-electron chi connectivity index (χ3n) is 10.7. The van der Waals surface area contributed by atoms with Crippen molar-refractivity contribution in [3.63, 3.8) is 0 Å². The van der Waals surface area contributed by atoms with Crippen molar-refractivity contribution in [2.24, 2.45) is 29.6 Å². The Labute approximate surface area is 299 Å². The van der Waals surface area contributed by atoms with E-state index < -0.39 is 46.8 Å². The van der Waals surface area contributed by atoms with Crippen molar-refractivity contribution in [2.75, 3.05) is 26.2 Å². The summed E-state index contributed by atoms with van der Waals surface area (Å²) in [6.07, 6.45) is 6.22. The van der Waals surface area contributed by atoms with Crippen LogP contribution < -0.4 is 14.9 Å². The van der Waals surface area contributed by atoms with Crippen LogP contribution in [0.5, 0.6) is 17.2 Å². The number of likely N-dealkylation sites (tertiary alicyclic amines) is 1. The van der Waals surface area contributed by atoms with Gasteiger partial charge in [-0.3, -0.25) is 29.5 Å². The predicted octanol–water partition coefficient (Wildman–Crippen LogP) is 6.27. The van der Waals surface area contributed by atoms with Gasteiger partial charge in [-0.2, -0.15) is 5.01 Å². The molecule has 1 saturated carbocycles. The summed E-state index contributed by atoms with van der Waals surface area (Å²) >= 11 is 12.7. The molecule has 0 radical (unpaired) electrons. The second-order valence-electron chi connectivity index (χ2n) is 13.0. The van der Waals surface area contributed by atoms with Crippen molar-refractivity contribution >= 4 is 58.6 Å². The van der Waals surface area contributed by atoms with Crippen LogP contribution in [0, 0.1) is 29.6 Å². The lowest BCUT2D eigenvalue weighted by atomic mass is 9.50. The number of methoxy groups -OCH3 is 2. The van der Waals surface area contributed by atoms with E-state index in [1.54, 1.807) is 62.6 Å².